The molecule has 1 rings (SSSR count). The average molecular weight is 311 g/mol. The monoisotopic (exact) mass is 310 g/mol. The van der Waals surface area contributed by atoms with Crippen molar-refractivity contribution in [3.63, 3.8) is 0 Å². The molecule has 4 heteroatoms. The van der Waals surface area contributed by atoms with Crippen LogP contribution in [0.3, 0.4) is 0 Å². The van der Waals surface area contributed by atoms with Gasteiger partial charge in [-0.1, -0.05) is 39.3 Å². The Kier molecular flexibility index (Phi) is 7.03. The van der Waals surface area contributed by atoms with Gasteiger partial charge in [-0.3, -0.25) is 4.79 Å². The van der Waals surface area contributed by atoms with E-state index in [-0.39, 0.29) is 5.91 Å². The van der Waals surface area contributed by atoms with E-state index in [0.29, 0.717) is 28.1 Å². The number of nitrogens with two attached hydrogens (primary N) is 1. The van der Waals surface area contributed by atoms with Crippen LogP contribution < -0.4 is 5.73 Å². The summed E-state index contributed by atoms with van der Waals surface area (Å²) in [6, 6.07) is 5.08. The van der Waals surface area contributed by atoms with Crippen molar-refractivity contribution in [3.8, 4) is 0 Å². The smallest absolute Gasteiger partial charge is 0.255 e. The predicted octanol–water partition coefficient (Wildman–Crippen LogP) is 4.46. The van der Waals surface area contributed by atoms with Gasteiger partial charge in [-0.05, 0) is 42.9 Å². The molecule has 3 nitrogen and oxygen atoms in total. The minimum atomic E-state index is 0.00120. The lowest BCUT2D eigenvalue weighted by molar-refractivity contribution is 0.0741. The highest BCUT2D eigenvalue weighted by Gasteiger charge is 2.19. The van der Waals surface area contributed by atoms with Gasteiger partial charge in [-0.15, -0.1) is 0 Å². The SMILES string of the molecule is CC(C)CCN(CCC(C)C)C(=O)c1ccc(N)cc1Cl. The highest BCUT2D eigenvalue weighted by molar-refractivity contribution is 6.34. The number of nitrogen functional groups attached to an aromatic ring is 1. The van der Waals surface area contributed by atoms with Crippen LogP contribution in [0.4, 0.5) is 5.69 Å². The number of benzene rings is 1. The van der Waals surface area contributed by atoms with E-state index in [1.54, 1.807) is 18.2 Å². The maximum absolute atomic E-state index is 12.7. The van der Waals surface area contributed by atoms with E-state index < -0.39 is 0 Å². The minimum absolute atomic E-state index is 0.00120. The Hall–Kier alpha value is -1.22. The maximum atomic E-state index is 12.7. The van der Waals surface area contributed by atoms with Crippen molar-refractivity contribution in [2.24, 2.45) is 11.8 Å². The number of carbonyl (C=O) groups excluding carboxylic acids is 1. The normalized spacial score (nSPS) is 11.2. The number of anilines is 1. The molecule has 0 bridgehead atoms. The molecule has 0 saturated carbocycles. The number of amides is 1. The van der Waals surface area contributed by atoms with E-state index in [9.17, 15) is 4.79 Å². The largest absolute Gasteiger partial charge is 0.399 e. The van der Waals surface area contributed by atoms with E-state index in [2.05, 4.69) is 27.7 Å². The molecule has 1 amide bonds. The lowest BCUT2D eigenvalue weighted by atomic mass is 10.1. The van der Waals surface area contributed by atoms with Gasteiger partial charge in [0.2, 0.25) is 0 Å². The minimum Gasteiger partial charge on any atom is -0.399 e. The molecule has 2 N–H and O–H groups in total. The Morgan fingerprint density at radius 1 is 1.14 bits per heavy atom. The number of rotatable bonds is 7. The van der Waals surface area contributed by atoms with Gasteiger partial charge in [0.05, 0.1) is 10.6 Å². The fourth-order valence-electron chi connectivity index (χ4n) is 2.02. The van der Waals surface area contributed by atoms with E-state index in [1.165, 1.54) is 0 Å². The zero-order valence-corrected chi connectivity index (χ0v) is 14.3. The first-order chi connectivity index (χ1) is 9.81. The van der Waals surface area contributed by atoms with Gasteiger partial charge < -0.3 is 10.6 Å². The summed E-state index contributed by atoms with van der Waals surface area (Å²) in [5.41, 5.74) is 6.81. The van der Waals surface area contributed by atoms with Gasteiger partial charge in [0.25, 0.3) is 5.91 Å². The molecule has 1 aromatic rings. The lowest BCUT2D eigenvalue weighted by Crippen LogP contribution is -2.34. The zero-order chi connectivity index (χ0) is 16.0. The standard InChI is InChI=1S/C17H27ClN2O/c1-12(2)7-9-20(10-8-13(3)4)17(21)15-6-5-14(19)11-16(15)18/h5-6,11-13H,7-10,19H2,1-4H3. The van der Waals surface area contributed by atoms with Crippen molar-refractivity contribution in [2.75, 3.05) is 18.8 Å². The van der Waals surface area contributed by atoms with E-state index >= 15 is 0 Å². The van der Waals surface area contributed by atoms with Crippen LogP contribution in [0.15, 0.2) is 18.2 Å². The number of hydrogen-bond acceptors (Lipinski definition) is 2. The van der Waals surface area contributed by atoms with Crippen LogP contribution in [0.2, 0.25) is 5.02 Å². The number of hydrogen-bond donors (Lipinski definition) is 1. The van der Waals surface area contributed by atoms with E-state index in [4.69, 9.17) is 17.3 Å². The molecule has 0 aliphatic rings. The molecule has 0 saturated heterocycles. The van der Waals surface area contributed by atoms with E-state index in [0.717, 1.165) is 25.9 Å². The van der Waals surface area contributed by atoms with Crippen molar-refractivity contribution in [3.05, 3.63) is 28.8 Å². The number of carbonyl (C=O) groups is 1. The Labute approximate surface area is 133 Å². The van der Waals surface area contributed by atoms with Crippen LogP contribution in [-0.4, -0.2) is 23.9 Å². The molecular formula is C17H27ClN2O. The van der Waals surface area contributed by atoms with Crippen molar-refractivity contribution < 1.29 is 4.79 Å². The number of nitrogens with zero attached hydrogens (tertiary/aromatic N) is 1. The van der Waals surface area contributed by atoms with Crippen molar-refractivity contribution in [2.45, 2.75) is 40.5 Å². The fraction of sp³-hybridized carbons (Fsp3) is 0.588. The molecule has 0 unspecified atom stereocenters. The number of halogens is 1. The molecule has 0 radical (unpaired) electrons. The maximum Gasteiger partial charge on any atom is 0.255 e. The second-order valence-electron chi connectivity index (χ2n) is 6.40. The molecule has 21 heavy (non-hydrogen) atoms. The van der Waals surface area contributed by atoms with Crippen molar-refractivity contribution in [1.29, 1.82) is 0 Å². The third-order valence-electron chi connectivity index (χ3n) is 3.46. The molecule has 0 heterocycles. The first-order valence-corrected chi connectivity index (χ1v) is 8.03. The first kappa shape index (κ1) is 17.8. The second kappa shape index (κ2) is 8.28. The van der Waals surface area contributed by atoms with Gasteiger partial charge in [0.1, 0.15) is 0 Å². The Morgan fingerprint density at radius 2 is 1.67 bits per heavy atom. The third-order valence-corrected chi connectivity index (χ3v) is 3.78. The third kappa shape index (κ3) is 5.96. The topological polar surface area (TPSA) is 46.3 Å². The Bertz CT molecular complexity index is 460. The summed E-state index contributed by atoms with van der Waals surface area (Å²) in [7, 11) is 0. The molecule has 118 valence electrons. The summed E-state index contributed by atoms with van der Waals surface area (Å²) in [5, 5.41) is 0.430. The summed E-state index contributed by atoms with van der Waals surface area (Å²) in [4.78, 5) is 14.6. The summed E-state index contributed by atoms with van der Waals surface area (Å²) in [6.07, 6.45) is 1.99. The van der Waals surface area contributed by atoms with Gasteiger partial charge >= 0.3 is 0 Å². The van der Waals surface area contributed by atoms with Crippen molar-refractivity contribution >= 4 is 23.2 Å². The second-order valence-corrected chi connectivity index (χ2v) is 6.80. The van der Waals surface area contributed by atoms with E-state index in [1.807, 2.05) is 4.90 Å². The van der Waals surface area contributed by atoms with Crippen molar-refractivity contribution in [1.82, 2.24) is 4.90 Å². The van der Waals surface area contributed by atoms with Crippen LogP contribution >= 0.6 is 11.6 Å². The molecule has 0 spiro atoms. The molecule has 0 fully saturated rings. The summed E-state index contributed by atoms with van der Waals surface area (Å²) in [6.45, 7) is 10.2. The highest BCUT2D eigenvalue weighted by Crippen LogP contribution is 2.21. The first-order valence-electron chi connectivity index (χ1n) is 7.65. The molecule has 0 aromatic heterocycles. The molecular weight excluding hydrogens is 284 g/mol. The predicted molar refractivity (Wildman–Crippen MR) is 90.7 cm³/mol. The summed E-state index contributed by atoms with van der Waals surface area (Å²) >= 11 is 6.17. The zero-order valence-electron chi connectivity index (χ0n) is 13.5. The van der Waals surface area contributed by atoms with Crippen LogP contribution in [0.25, 0.3) is 0 Å². The molecule has 0 atom stereocenters. The van der Waals surface area contributed by atoms with Gasteiger partial charge in [0.15, 0.2) is 0 Å². The van der Waals surface area contributed by atoms with Gasteiger partial charge in [0, 0.05) is 18.8 Å². The Balaban J connectivity index is 2.86. The molecule has 0 aliphatic heterocycles. The Morgan fingerprint density at radius 3 is 2.10 bits per heavy atom. The molecule has 0 aliphatic carbocycles. The average Bonchev–Trinajstić information content (AvgIpc) is 2.37. The summed E-state index contributed by atoms with van der Waals surface area (Å²) in [5.74, 6) is 1.14. The van der Waals surface area contributed by atoms with Crippen LogP contribution in [0.1, 0.15) is 50.9 Å². The summed E-state index contributed by atoms with van der Waals surface area (Å²) < 4.78 is 0. The van der Waals surface area contributed by atoms with Crippen LogP contribution in [0.5, 0.6) is 0 Å². The van der Waals surface area contributed by atoms with Gasteiger partial charge in [-0.25, -0.2) is 0 Å². The fourth-order valence-corrected chi connectivity index (χ4v) is 2.29. The van der Waals surface area contributed by atoms with Gasteiger partial charge in [-0.2, -0.15) is 0 Å². The van der Waals surface area contributed by atoms with Crippen LogP contribution in [-0.2, 0) is 0 Å². The quantitative estimate of drug-likeness (QED) is 0.756. The molecule has 1 aromatic carbocycles. The van der Waals surface area contributed by atoms with Crippen LogP contribution in [0, 0.1) is 11.8 Å². The lowest BCUT2D eigenvalue weighted by Gasteiger charge is -2.25. The highest BCUT2D eigenvalue weighted by atomic mass is 35.5.